The molecule has 0 amide bonds. The fourth-order valence-electron chi connectivity index (χ4n) is 1.28. The molecule has 0 heterocycles. The van der Waals surface area contributed by atoms with Crippen molar-refractivity contribution in [3.8, 4) is 0 Å². The van der Waals surface area contributed by atoms with Crippen LogP contribution < -0.4 is 5.73 Å². The van der Waals surface area contributed by atoms with Gasteiger partial charge in [0, 0.05) is 4.90 Å². The molecule has 0 aromatic heterocycles. The molecule has 1 aromatic rings. The van der Waals surface area contributed by atoms with Crippen LogP contribution in [0.5, 0.6) is 0 Å². The van der Waals surface area contributed by atoms with E-state index < -0.39 is 0 Å². The van der Waals surface area contributed by atoms with Gasteiger partial charge in [-0.2, -0.15) is 0 Å². The number of nitrogen functional groups attached to an aromatic ring is 1. The molecule has 0 spiro atoms. The standard InChI is InChI=1S/C12H16ClNO2S/c1-3-11(12(15)16-4-2)17-8-5-6-10(14)9(13)7-8/h5-7,11H,3-4,14H2,1-2H3. The van der Waals surface area contributed by atoms with E-state index in [2.05, 4.69) is 0 Å². The summed E-state index contributed by atoms with van der Waals surface area (Å²) in [5.41, 5.74) is 6.17. The number of benzene rings is 1. The highest BCUT2D eigenvalue weighted by molar-refractivity contribution is 8.00. The van der Waals surface area contributed by atoms with E-state index in [9.17, 15) is 4.79 Å². The molecule has 0 saturated heterocycles. The minimum absolute atomic E-state index is 0.187. The summed E-state index contributed by atoms with van der Waals surface area (Å²) in [6.07, 6.45) is 0.714. The van der Waals surface area contributed by atoms with Crippen molar-refractivity contribution in [3.05, 3.63) is 23.2 Å². The third-order valence-corrected chi connectivity index (χ3v) is 3.83. The highest BCUT2D eigenvalue weighted by Crippen LogP contribution is 2.30. The molecule has 1 unspecified atom stereocenters. The fourth-order valence-corrected chi connectivity index (χ4v) is 2.52. The molecule has 17 heavy (non-hydrogen) atoms. The minimum Gasteiger partial charge on any atom is -0.465 e. The number of nitrogens with two attached hydrogens (primary N) is 1. The summed E-state index contributed by atoms with van der Waals surface area (Å²) in [5, 5.41) is 0.309. The Morgan fingerprint density at radius 1 is 1.53 bits per heavy atom. The number of carbonyl (C=O) groups excluding carboxylic acids is 1. The van der Waals surface area contributed by atoms with Crippen LogP contribution in [-0.2, 0) is 9.53 Å². The lowest BCUT2D eigenvalue weighted by Crippen LogP contribution is -2.19. The number of anilines is 1. The Balaban J connectivity index is 2.73. The number of hydrogen-bond donors (Lipinski definition) is 1. The van der Waals surface area contributed by atoms with Crippen LogP contribution in [0.25, 0.3) is 0 Å². The van der Waals surface area contributed by atoms with Gasteiger partial charge in [0.25, 0.3) is 0 Å². The van der Waals surface area contributed by atoms with Gasteiger partial charge in [-0.15, -0.1) is 11.8 Å². The van der Waals surface area contributed by atoms with Crippen molar-refractivity contribution in [2.45, 2.75) is 30.4 Å². The molecule has 5 heteroatoms. The van der Waals surface area contributed by atoms with Gasteiger partial charge in [-0.3, -0.25) is 4.79 Å². The van der Waals surface area contributed by atoms with Crippen LogP contribution in [-0.4, -0.2) is 17.8 Å². The highest BCUT2D eigenvalue weighted by atomic mass is 35.5. The van der Waals surface area contributed by atoms with Crippen molar-refractivity contribution in [1.29, 1.82) is 0 Å². The highest BCUT2D eigenvalue weighted by Gasteiger charge is 2.19. The Hall–Kier alpha value is -0.870. The molecule has 0 radical (unpaired) electrons. The quantitative estimate of drug-likeness (QED) is 0.508. The van der Waals surface area contributed by atoms with Crippen molar-refractivity contribution in [2.75, 3.05) is 12.3 Å². The van der Waals surface area contributed by atoms with Gasteiger partial charge in [0.05, 0.1) is 17.3 Å². The van der Waals surface area contributed by atoms with Gasteiger partial charge in [-0.05, 0) is 31.5 Å². The van der Waals surface area contributed by atoms with Gasteiger partial charge in [0.15, 0.2) is 0 Å². The molecule has 1 atom stereocenters. The van der Waals surface area contributed by atoms with Crippen molar-refractivity contribution in [3.63, 3.8) is 0 Å². The lowest BCUT2D eigenvalue weighted by Gasteiger charge is -2.13. The third kappa shape index (κ3) is 4.13. The molecule has 0 bridgehead atoms. The van der Waals surface area contributed by atoms with Crippen LogP contribution in [0.2, 0.25) is 5.02 Å². The summed E-state index contributed by atoms with van der Waals surface area (Å²) in [7, 11) is 0. The van der Waals surface area contributed by atoms with E-state index in [1.165, 1.54) is 11.8 Å². The predicted octanol–water partition coefficient (Wildman–Crippen LogP) is 3.36. The van der Waals surface area contributed by atoms with Crippen LogP contribution in [0.15, 0.2) is 23.1 Å². The van der Waals surface area contributed by atoms with E-state index in [0.29, 0.717) is 23.7 Å². The summed E-state index contributed by atoms with van der Waals surface area (Å²) in [4.78, 5) is 12.6. The second-order valence-electron chi connectivity index (χ2n) is 3.45. The third-order valence-electron chi connectivity index (χ3n) is 2.17. The van der Waals surface area contributed by atoms with Crippen molar-refractivity contribution < 1.29 is 9.53 Å². The van der Waals surface area contributed by atoms with E-state index in [-0.39, 0.29) is 11.2 Å². The number of ether oxygens (including phenoxy) is 1. The van der Waals surface area contributed by atoms with E-state index in [4.69, 9.17) is 22.1 Å². The number of carbonyl (C=O) groups is 1. The lowest BCUT2D eigenvalue weighted by atomic mass is 10.3. The molecule has 2 N–H and O–H groups in total. The molecule has 0 aliphatic rings. The maximum absolute atomic E-state index is 11.6. The molecule has 0 aliphatic heterocycles. The van der Waals surface area contributed by atoms with E-state index in [1.807, 2.05) is 13.0 Å². The Bertz CT molecular complexity index is 398. The van der Waals surface area contributed by atoms with Gasteiger partial charge in [0.1, 0.15) is 5.25 Å². The van der Waals surface area contributed by atoms with E-state index in [0.717, 1.165) is 4.90 Å². The first-order valence-corrected chi connectivity index (χ1v) is 6.72. The summed E-state index contributed by atoms with van der Waals surface area (Å²) < 4.78 is 5.00. The summed E-state index contributed by atoms with van der Waals surface area (Å²) >= 11 is 7.37. The van der Waals surface area contributed by atoms with Crippen LogP contribution in [0.1, 0.15) is 20.3 Å². The Morgan fingerprint density at radius 2 is 2.24 bits per heavy atom. The molecule has 94 valence electrons. The number of thioether (sulfide) groups is 1. The largest absolute Gasteiger partial charge is 0.465 e. The number of rotatable bonds is 5. The Morgan fingerprint density at radius 3 is 2.76 bits per heavy atom. The second kappa shape index (κ2) is 6.77. The monoisotopic (exact) mass is 273 g/mol. The van der Waals surface area contributed by atoms with Crippen molar-refractivity contribution >= 4 is 35.0 Å². The van der Waals surface area contributed by atoms with Crippen LogP contribution in [0.3, 0.4) is 0 Å². The van der Waals surface area contributed by atoms with Crippen molar-refractivity contribution in [2.24, 2.45) is 0 Å². The summed E-state index contributed by atoms with van der Waals surface area (Å²) in [6.45, 7) is 4.15. The summed E-state index contributed by atoms with van der Waals surface area (Å²) in [6, 6.07) is 5.36. The first kappa shape index (κ1) is 14.2. The first-order chi connectivity index (χ1) is 8.08. The van der Waals surface area contributed by atoms with Gasteiger partial charge in [-0.1, -0.05) is 18.5 Å². The predicted molar refractivity (Wildman–Crippen MR) is 72.4 cm³/mol. The Labute approximate surface area is 111 Å². The second-order valence-corrected chi connectivity index (χ2v) is 5.13. The normalized spacial score (nSPS) is 12.2. The van der Waals surface area contributed by atoms with Crippen LogP contribution in [0.4, 0.5) is 5.69 Å². The molecule has 0 fully saturated rings. The number of hydrogen-bond acceptors (Lipinski definition) is 4. The molecular weight excluding hydrogens is 258 g/mol. The van der Waals surface area contributed by atoms with Gasteiger partial charge in [-0.25, -0.2) is 0 Å². The zero-order valence-electron chi connectivity index (χ0n) is 9.90. The SMILES string of the molecule is CCOC(=O)C(CC)Sc1ccc(N)c(Cl)c1. The Kier molecular flexibility index (Phi) is 5.65. The van der Waals surface area contributed by atoms with Crippen LogP contribution in [0, 0.1) is 0 Å². The smallest absolute Gasteiger partial charge is 0.319 e. The molecule has 1 rings (SSSR count). The number of halogens is 1. The molecule has 0 aliphatic carbocycles. The van der Waals surface area contributed by atoms with Gasteiger partial charge >= 0.3 is 5.97 Å². The lowest BCUT2D eigenvalue weighted by molar-refractivity contribution is -0.142. The fraction of sp³-hybridized carbons (Fsp3) is 0.417. The van der Waals surface area contributed by atoms with Crippen LogP contribution >= 0.6 is 23.4 Å². The first-order valence-electron chi connectivity index (χ1n) is 5.46. The minimum atomic E-state index is -0.199. The molecule has 0 saturated carbocycles. The molecular formula is C12H16ClNO2S. The van der Waals surface area contributed by atoms with Gasteiger partial charge < -0.3 is 10.5 Å². The topological polar surface area (TPSA) is 52.3 Å². The summed E-state index contributed by atoms with van der Waals surface area (Å²) in [5.74, 6) is -0.187. The average Bonchev–Trinajstić information content (AvgIpc) is 2.30. The molecule has 1 aromatic carbocycles. The number of esters is 1. The van der Waals surface area contributed by atoms with Crippen molar-refractivity contribution in [1.82, 2.24) is 0 Å². The average molecular weight is 274 g/mol. The molecule has 3 nitrogen and oxygen atoms in total. The van der Waals surface area contributed by atoms with E-state index in [1.54, 1.807) is 19.1 Å². The zero-order chi connectivity index (χ0) is 12.8. The zero-order valence-corrected chi connectivity index (χ0v) is 11.5. The van der Waals surface area contributed by atoms with E-state index >= 15 is 0 Å². The maximum atomic E-state index is 11.6. The maximum Gasteiger partial charge on any atom is 0.319 e. The van der Waals surface area contributed by atoms with Gasteiger partial charge in [0.2, 0.25) is 0 Å².